The molecule has 0 aromatic heterocycles. The van der Waals surface area contributed by atoms with Crippen LogP contribution in [0.3, 0.4) is 0 Å². The first kappa shape index (κ1) is 13.1. The van der Waals surface area contributed by atoms with Crippen molar-refractivity contribution in [2.24, 2.45) is 5.92 Å². The number of rotatable bonds is 7. The van der Waals surface area contributed by atoms with Crippen molar-refractivity contribution in [3.8, 4) is 0 Å². The Labute approximate surface area is 113 Å². The molecule has 94 valence electrons. The maximum atomic E-state index is 6.22. The van der Waals surface area contributed by atoms with E-state index in [0.717, 1.165) is 23.6 Å². The lowest BCUT2D eigenvalue weighted by Gasteiger charge is -2.29. The average molecular weight is 338 g/mol. The highest BCUT2D eigenvalue weighted by Gasteiger charge is 2.37. The Bertz CT molecular complexity index is 210. The third-order valence-corrected chi connectivity index (χ3v) is 5.23. The van der Waals surface area contributed by atoms with Crippen molar-refractivity contribution >= 4 is 22.6 Å². The number of ether oxygens (including phenoxy) is 2. The summed E-state index contributed by atoms with van der Waals surface area (Å²) in [5.74, 6) is 0.785. The van der Waals surface area contributed by atoms with E-state index in [4.69, 9.17) is 9.47 Å². The van der Waals surface area contributed by atoms with E-state index in [9.17, 15) is 0 Å². The quantitative estimate of drug-likeness (QED) is 0.522. The minimum Gasteiger partial charge on any atom is -0.376 e. The Morgan fingerprint density at radius 1 is 1.31 bits per heavy atom. The van der Waals surface area contributed by atoms with Crippen LogP contribution in [0.25, 0.3) is 0 Å². The van der Waals surface area contributed by atoms with Gasteiger partial charge < -0.3 is 9.47 Å². The van der Waals surface area contributed by atoms with Crippen molar-refractivity contribution in [1.29, 1.82) is 0 Å². The second kappa shape index (κ2) is 6.01. The van der Waals surface area contributed by atoms with Gasteiger partial charge in [-0.1, -0.05) is 35.4 Å². The van der Waals surface area contributed by atoms with Gasteiger partial charge in [-0.15, -0.1) is 0 Å². The zero-order valence-corrected chi connectivity index (χ0v) is 12.4. The van der Waals surface area contributed by atoms with Gasteiger partial charge in [0.25, 0.3) is 0 Å². The van der Waals surface area contributed by atoms with E-state index in [-0.39, 0.29) is 5.60 Å². The predicted octanol–water partition coefficient (Wildman–Crippen LogP) is 3.57. The fraction of sp³-hybridized carbons (Fsp3) is 1.00. The monoisotopic (exact) mass is 338 g/mol. The van der Waals surface area contributed by atoms with Crippen LogP contribution in [0.1, 0.15) is 45.4 Å². The minimum absolute atomic E-state index is 0.185. The van der Waals surface area contributed by atoms with Crippen LogP contribution in [0.5, 0.6) is 0 Å². The number of hydrogen-bond donors (Lipinski definition) is 0. The molecule has 2 saturated carbocycles. The van der Waals surface area contributed by atoms with Gasteiger partial charge in [0.1, 0.15) is 0 Å². The van der Waals surface area contributed by atoms with E-state index in [1.807, 2.05) is 0 Å². The molecule has 2 rings (SSSR count). The first-order valence-corrected chi connectivity index (χ1v) is 8.14. The van der Waals surface area contributed by atoms with Crippen molar-refractivity contribution in [1.82, 2.24) is 0 Å². The molecule has 0 bridgehead atoms. The Morgan fingerprint density at radius 2 is 2.00 bits per heavy atom. The largest absolute Gasteiger partial charge is 0.376 e. The summed E-state index contributed by atoms with van der Waals surface area (Å²) in [5.41, 5.74) is 0.185. The topological polar surface area (TPSA) is 18.5 Å². The molecule has 16 heavy (non-hydrogen) atoms. The van der Waals surface area contributed by atoms with Crippen LogP contribution in [-0.4, -0.2) is 29.3 Å². The smallest absolute Gasteiger partial charge is 0.0836 e. The third kappa shape index (κ3) is 3.33. The van der Waals surface area contributed by atoms with Crippen molar-refractivity contribution in [3.63, 3.8) is 0 Å². The standard InChI is InChI=1S/C13H23IO2/c1-2-15-12(11-5-6-11)9-16-13(10-14)7-3-4-8-13/h11-12H,2-10H2,1H3. The summed E-state index contributed by atoms with van der Waals surface area (Å²) in [6.07, 6.45) is 8.22. The summed E-state index contributed by atoms with van der Waals surface area (Å²) < 4.78 is 13.1. The third-order valence-electron chi connectivity index (χ3n) is 3.84. The van der Waals surface area contributed by atoms with E-state index in [1.54, 1.807) is 0 Å². The molecule has 0 aromatic carbocycles. The summed E-state index contributed by atoms with van der Waals surface area (Å²) in [4.78, 5) is 0. The van der Waals surface area contributed by atoms with E-state index in [0.29, 0.717) is 6.10 Å². The van der Waals surface area contributed by atoms with Crippen LogP contribution in [0.2, 0.25) is 0 Å². The Balaban J connectivity index is 1.79. The molecule has 0 saturated heterocycles. The molecule has 2 aliphatic rings. The van der Waals surface area contributed by atoms with E-state index < -0.39 is 0 Å². The molecule has 2 fully saturated rings. The van der Waals surface area contributed by atoms with Gasteiger partial charge in [0, 0.05) is 11.0 Å². The molecule has 0 spiro atoms. The molecule has 0 aromatic rings. The van der Waals surface area contributed by atoms with Gasteiger partial charge in [0.2, 0.25) is 0 Å². The Morgan fingerprint density at radius 3 is 2.50 bits per heavy atom. The van der Waals surface area contributed by atoms with Crippen LogP contribution >= 0.6 is 22.6 Å². The van der Waals surface area contributed by atoms with Gasteiger partial charge in [-0.3, -0.25) is 0 Å². The van der Waals surface area contributed by atoms with Gasteiger partial charge in [-0.25, -0.2) is 0 Å². The zero-order chi connectivity index (χ0) is 11.4. The molecule has 2 aliphatic carbocycles. The highest BCUT2D eigenvalue weighted by atomic mass is 127. The maximum Gasteiger partial charge on any atom is 0.0836 e. The molecule has 0 radical (unpaired) electrons. The SMILES string of the molecule is CCOC(COC1(CI)CCCC1)C1CC1. The number of hydrogen-bond acceptors (Lipinski definition) is 2. The molecular formula is C13H23IO2. The summed E-state index contributed by atoms with van der Waals surface area (Å²) in [6, 6.07) is 0. The summed E-state index contributed by atoms with van der Waals surface area (Å²) in [5, 5.41) is 0. The van der Waals surface area contributed by atoms with Crippen LogP contribution in [0.15, 0.2) is 0 Å². The molecule has 0 N–H and O–H groups in total. The van der Waals surface area contributed by atoms with Crippen LogP contribution in [-0.2, 0) is 9.47 Å². The van der Waals surface area contributed by atoms with Crippen LogP contribution in [0, 0.1) is 5.92 Å². The molecule has 0 heterocycles. The highest BCUT2D eigenvalue weighted by Crippen LogP contribution is 2.38. The van der Waals surface area contributed by atoms with Gasteiger partial charge in [-0.2, -0.15) is 0 Å². The fourth-order valence-electron chi connectivity index (χ4n) is 2.60. The molecule has 0 aliphatic heterocycles. The summed E-state index contributed by atoms with van der Waals surface area (Å²) >= 11 is 2.48. The van der Waals surface area contributed by atoms with Gasteiger partial charge >= 0.3 is 0 Å². The fourth-order valence-corrected chi connectivity index (χ4v) is 3.58. The van der Waals surface area contributed by atoms with Crippen molar-refractivity contribution in [2.45, 2.75) is 57.2 Å². The summed E-state index contributed by atoms with van der Waals surface area (Å²) in [6.45, 7) is 3.72. The molecule has 1 unspecified atom stereocenters. The molecule has 1 atom stereocenters. The first-order chi connectivity index (χ1) is 7.79. The summed E-state index contributed by atoms with van der Waals surface area (Å²) in [7, 11) is 0. The lowest BCUT2D eigenvalue weighted by molar-refractivity contribution is -0.0859. The second-order valence-corrected chi connectivity index (χ2v) is 5.93. The van der Waals surface area contributed by atoms with Gasteiger partial charge in [0.15, 0.2) is 0 Å². The number of alkyl halides is 1. The van der Waals surface area contributed by atoms with E-state index in [2.05, 4.69) is 29.5 Å². The van der Waals surface area contributed by atoms with Crippen LogP contribution in [0.4, 0.5) is 0 Å². The Kier molecular flexibility index (Phi) is 4.91. The highest BCUT2D eigenvalue weighted by molar-refractivity contribution is 14.1. The molecule has 2 nitrogen and oxygen atoms in total. The average Bonchev–Trinajstić information content (AvgIpc) is 3.04. The van der Waals surface area contributed by atoms with Crippen LogP contribution < -0.4 is 0 Å². The van der Waals surface area contributed by atoms with E-state index in [1.165, 1.54) is 38.5 Å². The lowest BCUT2D eigenvalue weighted by atomic mass is 10.1. The van der Waals surface area contributed by atoms with Gasteiger partial charge in [0.05, 0.1) is 18.3 Å². The number of halogens is 1. The van der Waals surface area contributed by atoms with E-state index >= 15 is 0 Å². The van der Waals surface area contributed by atoms with Gasteiger partial charge in [-0.05, 0) is 38.5 Å². The predicted molar refractivity (Wildman–Crippen MR) is 74.2 cm³/mol. The minimum atomic E-state index is 0.185. The first-order valence-electron chi connectivity index (χ1n) is 6.61. The molecule has 0 amide bonds. The lowest BCUT2D eigenvalue weighted by Crippen LogP contribution is -2.35. The molecular weight excluding hydrogens is 315 g/mol. The zero-order valence-electron chi connectivity index (χ0n) is 10.2. The van der Waals surface area contributed by atoms with Crippen molar-refractivity contribution in [3.05, 3.63) is 0 Å². The maximum absolute atomic E-state index is 6.22. The second-order valence-electron chi connectivity index (χ2n) is 5.17. The van der Waals surface area contributed by atoms with Crippen molar-refractivity contribution in [2.75, 3.05) is 17.6 Å². The molecule has 3 heteroatoms. The normalized spacial score (nSPS) is 25.9. The van der Waals surface area contributed by atoms with Crippen molar-refractivity contribution < 1.29 is 9.47 Å². The Hall–Kier alpha value is 0.650.